The Morgan fingerprint density at radius 2 is 1.85 bits per heavy atom. The van der Waals surface area contributed by atoms with E-state index in [0.29, 0.717) is 16.7 Å². The summed E-state index contributed by atoms with van der Waals surface area (Å²) in [6.07, 6.45) is 1.07. The van der Waals surface area contributed by atoms with E-state index in [1.807, 2.05) is 0 Å². The summed E-state index contributed by atoms with van der Waals surface area (Å²) in [6, 6.07) is 5.22. The molecule has 0 aliphatic carbocycles. The van der Waals surface area contributed by atoms with Crippen LogP contribution in [0.15, 0.2) is 35.9 Å². The normalized spacial score (nSPS) is 16.7. The quantitative estimate of drug-likeness (QED) is 0.412. The van der Waals surface area contributed by atoms with E-state index in [9.17, 15) is 25.2 Å². The number of carbonyl (C=O) groups excluding carboxylic acids is 1. The van der Waals surface area contributed by atoms with Crippen molar-refractivity contribution in [3.05, 3.63) is 52.6 Å². The lowest BCUT2D eigenvalue weighted by Crippen LogP contribution is -2.21. The van der Waals surface area contributed by atoms with E-state index in [2.05, 4.69) is 0 Å². The summed E-state index contributed by atoms with van der Waals surface area (Å²) in [5.74, 6) is -1.52. The van der Waals surface area contributed by atoms with E-state index < -0.39 is 6.10 Å². The minimum atomic E-state index is -0.751. The Hall–Kier alpha value is -3.19. The first-order valence-corrected chi connectivity index (χ1v) is 8.37. The van der Waals surface area contributed by atoms with Gasteiger partial charge in [0.1, 0.15) is 28.9 Å². The lowest BCUT2D eigenvalue weighted by Gasteiger charge is -2.28. The highest BCUT2D eigenvalue weighted by atomic mass is 16.5. The highest BCUT2D eigenvalue weighted by Gasteiger charge is 2.33. The van der Waals surface area contributed by atoms with Gasteiger partial charge >= 0.3 is 0 Å². The molecule has 1 atom stereocenters. The molecule has 5 N–H and O–H groups in total. The average Bonchev–Trinajstić information content (AvgIpc) is 2.62. The van der Waals surface area contributed by atoms with Gasteiger partial charge < -0.3 is 30.3 Å². The molecular weight excluding hydrogens is 352 g/mol. The molecule has 1 aliphatic heterocycles. The Bertz CT molecular complexity index is 930. The number of Topliss-reactive ketones (excluding diaryl/α,β-unsaturated/α-hetero) is 1. The number of phenols is 4. The second kappa shape index (κ2) is 7.20. The van der Waals surface area contributed by atoms with Crippen molar-refractivity contribution in [1.82, 2.24) is 0 Å². The molecule has 0 bridgehead atoms. The van der Waals surface area contributed by atoms with Gasteiger partial charge in [0.05, 0.1) is 13.0 Å². The van der Waals surface area contributed by atoms with Crippen molar-refractivity contribution in [3.63, 3.8) is 0 Å². The van der Waals surface area contributed by atoms with E-state index >= 15 is 0 Å². The van der Waals surface area contributed by atoms with Crippen molar-refractivity contribution < 1.29 is 35.1 Å². The molecular formula is C20H20O7. The van der Waals surface area contributed by atoms with Crippen LogP contribution in [0.2, 0.25) is 0 Å². The minimum Gasteiger partial charge on any atom is -0.507 e. The maximum atomic E-state index is 12.6. The highest BCUT2D eigenvalue weighted by molar-refractivity contribution is 6.03. The summed E-state index contributed by atoms with van der Waals surface area (Å²) >= 11 is 0. The number of rotatable bonds is 4. The Kier molecular flexibility index (Phi) is 4.96. The van der Waals surface area contributed by atoms with Gasteiger partial charge in [0, 0.05) is 11.6 Å². The maximum absolute atomic E-state index is 12.6. The molecule has 7 heteroatoms. The van der Waals surface area contributed by atoms with Gasteiger partial charge in [0.15, 0.2) is 17.3 Å². The first-order chi connectivity index (χ1) is 12.8. The zero-order valence-electron chi connectivity index (χ0n) is 14.6. The van der Waals surface area contributed by atoms with Crippen molar-refractivity contribution in [3.8, 4) is 28.7 Å². The zero-order valence-corrected chi connectivity index (χ0v) is 14.6. The Morgan fingerprint density at radius 1 is 1.11 bits per heavy atom. The van der Waals surface area contributed by atoms with Crippen molar-refractivity contribution in [2.24, 2.45) is 0 Å². The van der Waals surface area contributed by atoms with Crippen LogP contribution in [-0.4, -0.2) is 37.9 Å². The second-order valence-electron chi connectivity index (χ2n) is 6.49. The van der Waals surface area contributed by atoms with Gasteiger partial charge in [0.25, 0.3) is 0 Å². The number of hydrogen-bond donors (Lipinski definition) is 5. The minimum absolute atomic E-state index is 0.00268. The number of aliphatic hydroxyl groups excluding tert-OH is 1. The van der Waals surface area contributed by atoms with Gasteiger partial charge in [-0.15, -0.1) is 0 Å². The number of aromatic hydroxyl groups is 4. The fraction of sp³-hybridized carbons (Fsp3) is 0.250. The third kappa shape index (κ3) is 3.54. The Balaban J connectivity index is 2.06. The number of phenolic OH excluding ortho intramolecular Hbond substituents is 4. The highest BCUT2D eigenvalue weighted by Crippen LogP contribution is 2.46. The molecule has 2 aromatic carbocycles. The van der Waals surface area contributed by atoms with Gasteiger partial charge in [-0.1, -0.05) is 17.7 Å². The molecule has 0 saturated heterocycles. The molecule has 7 nitrogen and oxygen atoms in total. The standard InChI is InChI=1S/C20H20O7/c1-10(9-21)2-4-12-14(23)7-16(25)19-17(26)8-18(27-20(12)19)11-3-5-13(22)15(24)6-11/h2-3,5-7,18,21-25H,4,8-9H2,1H3/t18-/m0/s1. The zero-order chi connectivity index (χ0) is 19.7. The Labute approximate surface area is 155 Å². The van der Waals surface area contributed by atoms with Gasteiger partial charge in [-0.2, -0.15) is 0 Å². The number of benzene rings is 2. The summed E-state index contributed by atoms with van der Waals surface area (Å²) < 4.78 is 5.92. The predicted molar refractivity (Wildman–Crippen MR) is 96.4 cm³/mol. The van der Waals surface area contributed by atoms with E-state index in [-0.39, 0.29) is 59.5 Å². The van der Waals surface area contributed by atoms with Gasteiger partial charge in [-0.25, -0.2) is 0 Å². The van der Waals surface area contributed by atoms with Gasteiger partial charge in [-0.05, 0) is 31.0 Å². The van der Waals surface area contributed by atoms with Crippen LogP contribution in [0.3, 0.4) is 0 Å². The first-order valence-electron chi connectivity index (χ1n) is 8.37. The van der Waals surface area contributed by atoms with Crippen molar-refractivity contribution >= 4 is 5.78 Å². The number of hydrogen-bond acceptors (Lipinski definition) is 7. The molecule has 0 unspecified atom stereocenters. The predicted octanol–water partition coefficient (Wildman–Crippen LogP) is 2.70. The number of ketones is 1. The summed E-state index contributed by atoms with van der Waals surface area (Å²) in [7, 11) is 0. The molecule has 0 fully saturated rings. The number of aliphatic hydroxyl groups is 1. The maximum Gasteiger partial charge on any atom is 0.174 e. The van der Waals surface area contributed by atoms with Crippen LogP contribution in [0.5, 0.6) is 28.7 Å². The fourth-order valence-corrected chi connectivity index (χ4v) is 2.99. The van der Waals surface area contributed by atoms with Crippen LogP contribution in [-0.2, 0) is 6.42 Å². The first kappa shape index (κ1) is 18.6. The molecule has 27 heavy (non-hydrogen) atoms. The van der Waals surface area contributed by atoms with Crippen LogP contribution >= 0.6 is 0 Å². The van der Waals surface area contributed by atoms with Crippen molar-refractivity contribution in [2.45, 2.75) is 25.9 Å². The molecule has 1 aliphatic rings. The number of allylic oxidation sites excluding steroid dienone is 1. The molecule has 142 valence electrons. The SMILES string of the molecule is CC(=CCc1c(O)cc(O)c2c1O[C@H](c1ccc(O)c(O)c1)CC2=O)CO. The molecule has 0 radical (unpaired) electrons. The van der Waals surface area contributed by atoms with E-state index in [1.165, 1.54) is 18.2 Å². The lowest BCUT2D eigenvalue weighted by atomic mass is 9.92. The van der Waals surface area contributed by atoms with E-state index in [4.69, 9.17) is 9.84 Å². The van der Waals surface area contributed by atoms with Crippen LogP contribution in [0.4, 0.5) is 0 Å². The Morgan fingerprint density at radius 3 is 2.52 bits per heavy atom. The molecule has 0 aromatic heterocycles. The monoisotopic (exact) mass is 372 g/mol. The molecule has 1 heterocycles. The van der Waals surface area contributed by atoms with Crippen LogP contribution in [0, 0.1) is 0 Å². The van der Waals surface area contributed by atoms with Crippen molar-refractivity contribution in [2.75, 3.05) is 6.61 Å². The second-order valence-corrected chi connectivity index (χ2v) is 6.49. The van der Waals surface area contributed by atoms with Crippen molar-refractivity contribution in [1.29, 1.82) is 0 Å². The lowest BCUT2D eigenvalue weighted by molar-refractivity contribution is 0.0842. The summed E-state index contributed by atoms with van der Waals surface area (Å²) in [6.45, 7) is 1.58. The third-order valence-corrected chi connectivity index (χ3v) is 4.52. The average molecular weight is 372 g/mol. The molecule has 2 aromatic rings. The topological polar surface area (TPSA) is 127 Å². The molecule has 0 spiro atoms. The summed E-state index contributed by atoms with van der Waals surface area (Å²) in [5, 5.41) is 48.7. The largest absolute Gasteiger partial charge is 0.507 e. The van der Waals surface area contributed by atoms with Gasteiger partial charge in [-0.3, -0.25) is 4.79 Å². The van der Waals surface area contributed by atoms with E-state index in [1.54, 1.807) is 13.0 Å². The fourth-order valence-electron chi connectivity index (χ4n) is 2.99. The third-order valence-electron chi connectivity index (χ3n) is 4.52. The smallest absolute Gasteiger partial charge is 0.174 e. The summed E-state index contributed by atoms with van der Waals surface area (Å²) in [4.78, 5) is 12.6. The van der Waals surface area contributed by atoms with Crippen LogP contribution in [0.25, 0.3) is 0 Å². The van der Waals surface area contributed by atoms with E-state index in [0.717, 1.165) is 6.07 Å². The number of carbonyl (C=O) groups is 1. The van der Waals surface area contributed by atoms with Crippen LogP contribution < -0.4 is 4.74 Å². The van der Waals surface area contributed by atoms with Gasteiger partial charge in [0.2, 0.25) is 0 Å². The molecule has 0 amide bonds. The summed E-state index contributed by atoms with van der Waals surface area (Å²) in [5.41, 5.74) is 1.47. The molecule has 0 saturated carbocycles. The number of ether oxygens (including phenoxy) is 1. The number of fused-ring (bicyclic) bond motifs is 1. The van der Waals surface area contributed by atoms with Crippen LogP contribution in [0.1, 0.15) is 40.9 Å². The molecule has 3 rings (SSSR count).